The molecule has 0 spiro atoms. The maximum atomic E-state index is 12.6. The van der Waals surface area contributed by atoms with E-state index in [9.17, 15) is 18.0 Å². The van der Waals surface area contributed by atoms with Crippen LogP contribution < -0.4 is 10.0 Å². The minimum atomic E-state index is -3.81. The molecular formula is C18H25N3O6S. The van der Waals surface area contributed by atoms with Crippen LogP contribution >= 0.6 is 0 Å². The van der Waals surface area contributed by atoms with Crippen molar-refractivity contribution in [2.75, 3.05) is 38.7 Å². The molecule has 0 aromatic heterocycles. The lowest BCUT2D eigenvalue weighted by Gasteiger charge is -2.16. The fourth-order valence-electron chi connectivity index (χ4n) is 2.75. The average molecular weight is 411 g/mol. The van der Waals surface area contributed by atoms with Crippen LogP contribution in [0, 0.1) is 0 Å². The number of para-hydroxylation sites is 1. The Morgan fingerprint density at radius 2 is 2.04 bits per heavy atom. The van der Waals surface area contributed by atoms with E-state index >= 15 is 0 Å². The Kier molecular flexibility index (Phi) is 7.55. The van der Waals surface area contributed by atoms with E-state index in [1.165, 1.54) is 24.1 Å². The summed E-state index contributed by atoms with van der Waals surface area (Å²) in [6, 6.07) is 6.12. The quantitative estimate of drug-likeness (QED) is 0.377. The van der Waals surface area contributed by atoms with Crippen molar-refractivity contribution in [1.29, 1.82) is 0 Å². The zero-order valence-corrected chi connectivity index (χ0v) is 16.7. The number of hydrogen-bond donors (Lipinski definition) is 3. The van der Waals surface area contributed by atoms with Crippen molar-refractivity contribution in [2.24, 2.45) is 0 Å². The fraction of sp³-hybridized carbons (Fsp3) is 0.444. The monoisotopic (exact) mass is 411 g/mol. The number of esters is 1. The number of aliphatic hydroxyl groups is 1. The summed E-state index contributed by atoms with van der Waals surface area (Å²) >= 11 is 0. The summed E-state index contributed by atoms with van der Waals surface area (Å²) < 4.78 is 32.5. The number of rotatable bonds is 10. The fourth-order valence-corrected chi connectivity index (χ4v) is 3.98. The molecule has 0 fully saturated rings. The molecule has 1 aliphatic heterocycles. The van der Waals surface area contributed by atoms with Crippen LogP contribution in [0.2, 0.25) is 0 Å². The predicted molar refractivity (Wildman–Crippen MR) is 103 cm³/mol. The number of carbonyl (C=O) groups excluding carboxylic acids is 2. The molecule has 0 radical (unpaired) electrons. The second-order valence-electron chi connectivity index (χ2n) is 6.17. The number of methoxy groups -OCH3 is 1. The van der Waals surface area contributed by atoms with Crippen LogP contribution in [0.15, 0.2) is 40.4 Å². The number of ether oxygens (including phenoxy) is 1. The summed E-state index contributed by atoms with van der Waals surface area (Å²) in [4.78, 5) is 25.9. The lowest BCUT2D eigenvalue weighted by atomic mass is 10.2. The molecule has 2 rings (SSSR count). The van der Waals surface area contributed by atoms with E-state index < -0.39 is 21.9 Å². The number of nitrogens with one attached hydrogen (secondary N) is 2. The first-order chi connectivity index (χ1) is 13.4. The third-order valence-electron chi connectivity index (χ3n) is 4.21. The number of nitrogens with zero attached hydrogens (tertiary/aromatic N) is 1. The van der Waals surface area contributed by atoms with Gasteiger partial charge in [0.1, 0.15) is 10.6 Å². The van der Waals surface area contributed by atoms with E-state index in [0.717, 1.165) is 6.42 Å². The topological polar surface area (TPSA) is 125 Å². The van der Waals surface area contributed by atoms with E-state index in [1.54, 1.807) is 12.1 Å². The first-order valence-electron chi connectivity index (χ1n) is 8.93. The molecule has 0 unspecified atom stereocenters. The van der Waals surface area contributed by atoms with E-state index in [1.807, 2.05) is 6.92 Å². The lowest BCUT2D eigenvalue weighted by Crippen LogP contribution is -2.31. The van der Waals surface area contributed by atoms with Gasteiger partial charge in [-0.1, -0.05) is 25.5 Å². The molecule has 1 aromatic carbocycles. The highest BCUT2D eigenvalue weighted by atomic mass is 32.2. The Labute approximate surface area is 164 Å². The lowest BCUT2D eigenvalue weighted by molar-refractivity contribution is -0.136. The van der Waals surface area contributed by atoms with E-state index in [-0.39, 0.29) is 41.5 Å². The number of carbonyl (C=O) groups is 2. The van der Waals surface area contributed by atoms with Gasteiger partial charge in [0.15, 0.2) is 0 Å². The summed E-state index contributed by atoms with van der Waals surface area (Å²) in [6.07, 6.45) is 1.54. The largest absolute Gasteiger partial charge is 0.466 e. The molecule has 1 aromatic rings. The van der Waals surface area contributed by atoms with Gasteiger partial charge >= 0.3 is 5.97 Å². The van der Waals surface area contributed by atoms with Crippen molar-refractivity contribution in [3.63, 3.8) is 0 Å². The summed E-state index contributed by atoms with van der Waals surface area (Å²) in [7, 11) is -2.61. The Hall–Kier alpha value is -2.43. The first kappa shape index (κ1) is 21.9. The van der Waals surface area contributed by atoms with Crippen molar-refractivity contribution >= 4 is 27.6 Å². The zero-order chi connectivity index (χ0) is 20.7. The highest BCUT2D eigenvalue weighted by Gasteiger charge is 2.35. The normalized spacial score (nSPS) is 14.5. The predicted octanol–water partition coefficient (Wildman–Crippen LogP) is 0.439. The number of amides is 1. The number of benzene rings is 1. The summed E-state index contributed by atoms with van der Waals surface area (Å²) in [5, 5.41) is 11.9. The van der Waals surface area contributed by atoms with Crippen molar-refractivity contribution < 1.29 is 27.9 Å². The molecule has 0 bridgehead atoms. The SMILES string of the molecule is CCCCNS(=O)(=O)c1ccccc1NC1=C(C(=O)OC)CN(CCO)C1=O. The Morgan fingerprint density at radius 3 is 2.68 bits per heavy atom. The highest BCUT2D eigenvalue weighted by molar-refractivity contribution is 7.89. The van der Waals surface area contributed by atoms with Gasteiger partial charge in [0.25, 0.3) is 5.91 Å². The summed E-state index contributed by atoms with van der Waals surface area (Å²) in [6.45, 7) is 2.00. The molecule has 0 saturated heterocycles. The van der Waals surface area contributed by atoms with Gasteiger partial charge < -0.3 is 20.1 Å². The number of sulfonamides is 1. The number of anilines is 1. The molecule has 9 nitrogen and oxygen atoms in total. The van der Waals surface area contributed by atoms with Gasteiger partial charge in [-0.05, 0) is 18.6 Å². The van der Waals surface area contributed by atoms with Gasteiger partial charge in [0.05, 0.1) is 31.5 Å². The van der Waals surface area contributed by atoms with Crippen LogP contribution in [0.4, 0.5) is 5.69 Å². The van der Waals surface area contributed by atoms with E-state index in [4.69, 9.17) is 9.84 Å². The molecule has 1 aliphatic rings. The van der Waals surface area contributed by atoms with Crippen LogP contribution in [0.25, 0.3) is 0 Å². The molecule has 10 heteroatoms. The van der Waals surface area contributed by atoms with Crippen LogP contribution in [0.5, 0.6) is 0 Å². The van der Waals surface area contributed by atoms with Crippen molar-refractivity contribution in [1.82, 2.24) is 9.62 Å². The standard InChI is InChI=1S/C18H25N3O6S/c1-3-4-9-19-28(25,26)15-8-6-5-7-14(15)20-16-13(18(24)27-2)12-21(10-11-22)17(16)23/h5-8,19-20,22H,3-4,9-12H2,1-2H3. The number of aliphatic hydroxyl groups excluding tert-OH is 1. The Morgan fingerprint density at radius 1 is 1.32 bits per heavy atom. The van der Waals surface area contributed by atoms with Crippen molar-refractivity contribution in [2.45, 2.75) is 24.7 Å². The molecule has 154 valence electrons. The van der Waals surface area contributed by atoms with Gasteiger partial charge in [-0.2, -0.15) is 0 Å². The Balaban J connectivity index is 2.38. The molecule has 1 amide bonds. The summed E-state index contributed by atoms with van der Waals surface area (Å²) in [5.41, 5.74) is 0.186. The number of hydrogen-bond acceptors (Lipinski definition) is 7. The maximum absolute atomic E-state index is 12.6. The zero-order valence-electron chi connectivity index (χ0n) is 15.9. The first-order valence-corrected chi connectivity index (χ1v) is 10.4. The van der Waals surface area contributed by atoms with E-state index in [2.05, 4.69) is 10.0 Å². The average Bonchev–Trinajstić information content (AvgIpc) is 2.98. The maximum Gasteiger partial charge on any atom is 0.337 e. The van der Waals surface area contributed by atoms with Crippen LogP contribution in [-0.4, -0.2) is 63.7 Å². The third-order valence-corrected chi connectivity index (χ3v) is 5.73. The van der Waals surface area contributed by atoms with Crippen LogP contribution in [0.1, 0.15) is 19.8 Å². The molecule has 1 heterocycles. The third kappa shape index (κ3) is 4.89. The van der Waals surface area contributed by atoms with E-state index in [0.29, 0.717) is 13.0 Å². The summed E-state index contributed by atoms with van der Waals surface area (Å²) in [5.74, 6) is -1.21. The second-order valence-corrected chi connectivity index (χ2v) is 7.90. The van der Waals surface area contributed by atoms with Gasteiger partial charge in [-0.25, -0.2) is 17.9 Å². The molecule has 0 aliphatic carbocycles. The highest BCUT2D eigenvalue weighted by Crippen LogP contribution is 2.27. The molecule has 0 saturated carbocycles. The van der Waals surface area contributed by atoms with Gasteiger partial charge in [-0.15, -0.1) is 0 Å². The van der Waals surface area contributed by atoms with Crippen molar-refractivity contribution in [3.05, 3.63) is 35.5 Å². The van der Waals surface area contributed by atoms with Gasteiger partial charge in [0.2, 0.25) is 10.0 Å². The minimum Gasteiger partial charge on any atom is -0.466 e. The Bertz CT molecular complexity index is 866. The van der Waals surface area contributed by atoms with Crippen LogP contribution in [0.3, 0.4) is 0 Å². The molecule has 3 N–H and O–H groups in total. The van der Waals surface area contributed by atoms with Gasteiger partial charge in [0, 0.05) is 13.1 Å². The molecular weight excluding hydrogens is 386 g/mol. The smallest absolute Gasteiger partial charge is 0.337 e. The number of β-amino-alcohol motifs (C(OH)–C–C–N with tert-alkyl or cyclic N) is 1. The van der Waals surface area contributed by atoms with Crippen molar-refractivity contribution in [3.8, 4) is 0 Å². The minimum absolute atomic E-state index is 0.0297. The molecule has 28 heavy (non-hydrogen) atoms. The second kappa shape index (κ2) is 9.67. The van der Waals surface area contributed by atoms with Gasteiger partial charge in [-0.3, -0.25) is 4.79 Å². The van der Waals surface area contributed by atoms with Crippen LogP contribution in [-0.2, 0) is 24.3 Å². The molecule has 0 atom stereocenters. The number of unbranched alkanes of at least 4 members (excludes halogenated alkanes) is 1.